The first-order chi connectivity index (χ1) is 7.86. The van der Waals surface area contributed by atoms with Gasteiger partial charge in [0, 0.05) is 17.0 Å². The van der Waals surface area contributed by atoms with Gasteiger partial charge in [0.05, 0.1) is 10.7 Å². The number of rotatable bonds is 1. The van der Waals surface area contributed by atoms with Gasteiger partial charge in [-0.2, -0.15) is 13.2 Å². The summed E-state index contributed by atoms with van der Waals surface area (Å²) < 4.78 is 36.1. The fourth-order valence-electron chi connectivity index (χ4n) is 1.25. The van der Waals surface area contributed by atoms with Crippen molar-refractivity contribution in [3.05, 3.63) is 29.3 Å². The van der Waals surface area contributed by atoms with E-state index in [2.05, 4.69) is 5.32 Å². The Kier molecular flexibility index (Phi) is 2.78. The Morgan fingerprint density at radius 3 is 2.76 bits per heavy atom. The minimum absolute atomic E-state index is 0.000230. The monoisotopic (exact) mass is 261 g/mol. The number of carbonyl (C=O) groups is 1. The molecule has 1 aliphatic rings. The third kappa shape index (κ3) is 2.55. The average Bonchev–Trinajstić information content (AvgIpc) is 2.57. The summed E-state index contributed by atoms with van der Waals surface area (Å²) in [7, 11) is 0. The molecule has 0 saturated carbocycles. The second-order valence-electron chi connectivity index (χ2n) is 3.28. The number of phenols is 1. The van der Waals surface area contributed by atoms with E-state index in [0.29, 0.717) is 16.7 Å². The highest BCUT2D eigenvalue weighted by Gasteiger charge is 2.37. The van der Waals surface area contributed by atoms with Crippen molar-refractivity contribution in [2.24, 2.45) is 0 Å². The van der Waals surface area contributed by atoms with Crippen molar-refractivity contribution in [3.8, 4) is 5.75 Å². The summed E-state index contributed by atoms with van der Waals surface area (Å²) in [6.45, 7) is 0. The Labute approximate surface area is 98.3 Å². The predicted octanol–water partition coefficient (Wildman–Crippen LogP) is 2.88. The number of benzene rings is 1. The number of nitrogens with one attached hydrogen (secondary N) is 1. The van der Waals surface area contributed by atoms with E-state index in [9.17, 15) is 23.1 Å². The molecule has 3 nitrogen and oxygen atoms in total. The molecule has 0 aromatic heterocycles. The normalized spacial score (nSPS) is 16.8. The molecule has 1 aliphatic heterocycles. The van der Waals surface area contributed by atoms with Crippen molar-refractivity contribution in [1.82, 2.24) is 0 Å². The van der Waals surface area contributed by atoms with Crippen molar-refractivity contribution < 1.29 is 23.1 Å². The summed E-state index contributed by atoms with van der Waals surface area (Å²) in [4.78, 5) is 11.4. The van der Waals surface area contributed by atoms with Crippen molar-refractivity contribution >= 4 is 23.2 Å². The fourth-order valence-corrected chi connectivity index (χ4v) is 2.17. The average molecular weight is 261 g/mol. The summed E-state index contributed by atoms with van der Waals surface area (Å²) in [5, 5.41) is 11.9. The zero-order chi connectivity index (χ0) is 12.6. The number of allylic oxidation sites excluding steroid dienone is 1. The van der Waals surface area contributed by atoms with Gasteiger partial charge in [-0.05, 0) is 12.1 Å². The van der Waals surface area contributed by atoms with Crippen molar-refractivity contribution in [2.45, 2.75) is 11.1 Å². The number of alkyl halides is 3. The van der Waals surface area contributed by atoms with E-state index < -0.39 is 12.0 Å². The van der Waals surface area contributed by atoms with Crippen LogP contribution in [0.15, 0.2) is 34.2 Å². The molecule has 1 heterocycles. The Balaban J connectivity index is 2.21. The van der Waals surface area contributed by atoms with Crippen molar-refractivity contribution in [3.63, 3.8) is 0 Å². The number of hydrogen-bond acceptors (Lipinski definition) is 4. The van der Waals surface area contributed by atoms with Gasteiger partial charge in [-0.25, -0.2) is 0 Å². The third-order valence-corrected chi connectivity index (χ3v) is 3.00. The number of carbonyl (C=O) groups excluding carboxylic acids is 1. The minimum Gasteiger partial charge on any atom is -0.508 e. The largest absolute Gasteiger partial charge is 0.508 e. The van der Waals surface area contributed by atoms with Crippen LogP contribution in [0.25, 0.3) is 0 Å². The Morgan fingerprint density at radius 1 is 1.41 bits per heavy atom. The van der Waals surface area contributed by atoms with Crippen LogP contribution in [0.3, 0.4) is 0 Å². The maximum atomic E-state index is 12.0. The van der Waals surface area contributed by atoms with Crippen LogP contribution in [-0.2, 0) is 4.79 Å². The SMILES string of the molecule is O=C(/C=C1\Nc2cc(O)ccc2S1)C(F)(F)F. The molecule has 2 N–H and O–H groups in total. The molecule has 0 amide bonds. The lowest BCUT2D eigenvalue weighted by atomic mass is 10.3. The first-order valence-corrected chi connectivity index (χ1v) is 5.28. The molecule has 0 aliphatic carbocycles. The third-order valence-electron chi connectivity index (χ3n) is 1.98. The molecule has 0 bridgehead atoms. The quantitative estimate of drug-likeness (QED) is 0.763. The topological polar surface area (TPSA) is 49.3 Å². The lowest BCUT2D eigenvalue weighted by Crippen LogP contribution is -2.20. The van der Waals surface area contributed by atoms with Gasteiger partial charge in [-0.3, -0.25) is 4.79 Å². The molecule has 7 heteroatoms. The Morgan fingerprint density at radius 2 is 2.12 bits per heavy atom. The predicted molar refractivity (Wildman–Crippen MR) is 56.7 cm³/mol. The highest BCUT2D eigenvalue weighted by Crippen LogP contribution is 2.42. The van der Waals surface area contributed by atoms with Crippen LogP contribution in [0.2, 0.25) is 0 Å². The van der Waals surface area contributed by atoms with Gasteiger partial charge in [0.1, 0.15) is 5.75 Å². The molecule has 1 aromatic carbocycles. The molecule has 0 radical (unpaired) electrons. The molecule has 2 rings (SSSR count). The van der Waals surface area contributed by atoms with Gasteiger partial charge < -0.3 is 10.4 Å². The molecule has 0 fully saturated rings. The number of hydrogen-bond donors (Lipinski definition) is 2. The molecule has 0 unspecified atom stereocenters. The smallest absolute Gasteiger partial charge is 0.454 e. The van der Waals surface area contributed by atoms with Gasteiger partial charge in [-0.1, -0.05) is 11.8 Å². The van der Waals surface area contributed by atoms with Crippen LogP contribution < -0.4 is 5.32 Å². The number of halogens is 3. The number of phenolic OH excluding ortho intramolecular Hbond substituents is 1. The summed E-state index contributed by atoms with van der Waals surface area (Å²) in [5.74, 6) is -1.91. The second-order valence-corrected chi connectivity index (χ2v) is 4.36. The molecule has 0 saturated heterocycles. The molecule has 90 valence electrons. The second kappa shape index (κ2) is 3.99. The Hall–Kier alpha value is -1.63. The van der Waals surface area contributed by atoms with E-state index in [1.165, 1.54) is 12.1 Å². The lowest BCUT2D eigenvalue weighted by Gasteiger charge is -2.01. The van der Waals surface area contributed by atoms with E-state index in [1.807, 2.05) is 0 Å². The molecule has 0 spiro atoms. The van der Waals surface area contributed by atoms with Gasteiger partial charge in [0.15, 0.2) is 0 Å². The van der Waals surface area contributed by atoms with Gasteiger partial charge in [0.25, 0.3) is 5.78 Å². The lowest BCUT2D eigenvalue weighted by molar-refractivity contribution is -0.165. The molecule has 0 atom stereocenters. The fraction of sp³-hybridized carbons (Fsp3) is 0.100. The van der Waals surface area contributed by atoms with E-state index >= 15 is 0 Å². The van der Waals surface area contributed by atoms with Crippen LogP contribution >= 0.6 is 11.8 Å². The molecular formula is C10H6F3NO2S. The van der Waals surface area contributed by atoms with E-state index in [-0.39, 0.29) is 10.8 Å². The zero-order valence-corrected chi connectivity index (χ0v) is 9.02. The van der Waals surface area contributed by atoms with Crippen LogP contribution in [0.4, 0.5) is 18.9 Å². The first-order valence-electron chi connectivity index (χ1n) is 4.47. The standard InChI is InChI=1S/C10H6F3NO2S/c11-10(12,13)8(16)4-9-14-6-3-5(15)1-2-7(6)17-9/h1-4,14-15H/b9-4+. The number of fused-ring (bicyclic) bond motifs is 1. The molecule has 17 heavy (non-hydrogen) atoms. The van der Waals surface area contributed by atoms with Crippen LogP contribution in [-0.4, -0.2) is 17.1 Å². The van der Waals surface area contributed by atoms with Gasteiger partial charge >= 0.3 is 6.18 Å². The summed E-state index contributed by atoms with van der Waals surface area (Å²) in [5.41, 5.74) is 0.483. The number of anilines is 1. The summed E-state index contributed by atoms with van der Waals surface area (Å²) in [6, 6.07) is 4.35. The summed E-state index contributed by atoms with van der Waals surface area (Å²) in [6.07, 6.45) is -4.37. The number of aromatic hydroxyl groups is 1. The van der Waals surface area contributed by atoms with Gasteiger partial charge in [0.2, 0.25) is 0 Å². The van der Waals surface area contributed by atoms with E-state index in [0.717, 1.165) is 11.8 Å². The maximum Gasteiger partial charge on any atom is 0.454 e. The molecular weight excluding hydrogens is 255 g/mol. The van der Waals surface area contributed by atoms with E-state index in [4.69, 9.17) is 0 Å². The zero-order valence-electron chi connectivity index (χ0n) is 8.21. The first kappa shape index (κ1) is 11.8. The Bertz CT molecular complexity index is 511. The van der Waals surface area contributed by atoms with Crippen molar-refractivity contribution in [1.29, 1.82) is 0 Å². The van der Waals surface area contributed by atoms with Crippen molar-refractivity contribution in [2.75, 3.05) is 5.32 Å². The van der Waals surface area contributed by atoms with Crippen LogP contribution in [0.5, 0.6) is 5.75 Å². The highest BCUT2D eigenvalue weighted by molar-refractivity contribution is 8.03. The highest BCUT2D eigenvalue weighted by atomic mass is 32.2. The van der Waals surface area contributed by atoms with Gasteiger partial charge in [-0.15, -0.1) is 0 Å². The number of ketones is 1. The molecule has 1 aromatic rings. The van der Waals surface area contributed by atoms with E-state index in [1.54, 1.807) is 6.07 Å². The van der Waals surface area contributed by atoms with Crippen LogP contribution in [0.1, 0.15) is 0 Å². The summed E-state index contributed by atoms with van der Waals surface area (Å²) >= 11 is 1.01. The minimum atomic E-state index is -4.87. The number of thioether (sulfide) groups is 1. The maximum absolute atomic E-state index is 12.0. The van der Waals surface area contributed by atoms with Crippen LogP contribution in [0, 0.1) is 0 Å².